The molecule has 0 radical (unpaired) electrons. The number of halogens is 1. The largest absolute Gasteiger partial charge is 0.398 e. The molecule has 1 aliphatic heterocycles. The van der Waals surface area contributed by atoms with Gasteiger partial charge in [-0.2, -0.15) is 0 Å². The van der Waals surface area contributed by atoms with Gasteiger partial charge in [-0.3, -0.25) is 9.59 Å². The maximum absolute atomic E-state index is 13.8. The lowest BCUT2D eigenvalue weighted by molar-refractivity contribution is -0.114. The Morgan fingerprint density at radius 2 is 1.67 bits per heavy atom. The Kier molecular flexibility index (Phi) is 45.6. The number of oxime groups is 1. The van der Waals surface area contributed by atoms with E-state index < -0.39 is 5.92 Å². The molecule has 10 heteroatoms. The van der Waals surface area contributed by atoms with Crippen LogP contribution in [0.15, 0.2) is 124 Å². The number of terminal acetylenes is 2. The quantitative estimate of drug-likeness (QED) is 0.0339. The molecule has 2 atom stereocenters. The number of allylic oxidation sites excluding steroid dienone is 9. The fourth-order valence-corrected chi connectivity index (χ4v) is 4.67. The molecule has 0 aliphatic carbocycles. The molecule has 63 heavy (non-hydrogen) atoms. The van der Waals surface area contributed by atoms with Crippen molar-refractivity contribution in [3.05, 3.63) is 130 Å². The monoisotopic (exact) mass is 888 g/mol. The molecule has 4 N–H and O–H groups in total. The topological polar surface area (TPSA) is 118 Å². The Hall–Kier alpha value is -5.50. The van der Waals surface area contributed by atoms with Crippen LogP contribution >= 0.6 is 8.86 Å². The fourth-order valence-electron chi connectivity index (χ4n) is 4.29. The average Bonchev–Trinajstić information content (AvgIpc) is 3.29. The van der Waals surface area contributed by atoms with Crippen LogP contribution in [-0.4, -0.2) is 30.4 Å². The SMILES string of the molecule is C#C.C#CC(/C=C\C(F)=C(/C)CC)CNC(=O)C(/C=C(\C)CC=C)=NC(=C)C.C=C(C)CC.C=CCC(C)CCC/C=C(\C)C1=NOC(=C)NC1.CC.CC.Cc1c(N)c(=P)c1=O. The van der Waals surface area contributed by atoms with Gasteiger partial charge in [0.1, 0.15) is 17.3 Å². The Balaban J connectivity index is -0.000000259. The minimum atomic E-state index is -0.418. The van der Waals surface area contributed by atoms with Crippen molar-refractivity contribution in [3.8, 4) is 25.2 Å². The van der Waals surface area contributed by atoms with E-state index in [1.165, 1.54) is 30.1 Å². The molecule has 1 amide bonds. The van der Waals surface area contributed by atoms with Gasteiger partial charge in [0.25, 0.3) is 5.91 Å². The van der Waals surface area contributed by atoms with Crippen LogP contribution in [-0.2, 0) is 9.63 Å². The number of hydrogen-bond acceptors (Lipinski definition) is 7. The fraction of sp³-hybridized carbons (Fsp3) is 0.453. The zero-order valence-electron chi connectivity index (χ0n) is 41.3. The lowest BCUT2D eigenvalue weighted by Crippen LogP contribution is -2.33. The number of rotatable bonds is 18. The van der Waals surface area contributed by atoms with E-state index in [0.29, 0.717) is 52.7 Å². The third-order valence-electron chi connectivity index (χ3n) is 8.44. The van der Waals surface area contributed by atoms with Crippen LogP contribution in [0.25, 0.3) is 0 Å². The van der Waals surface area contributed by atoms with Gasteiger partial charge in [-0.25, -0.2) is 9.38 Å². The maximum atomic E-state index is 13.8. The molecule has 0 saturated carbocycles. The van der Waals surface area contributed by atoms with Crippen LogP contribution in [0.4, 0.5) is 10.1 Å². The predicted molar refractivity (Wildman–Crippen MR) is 280 cm³/mol. The van der Waals surface area contributed by atoms with Crippen LogP contribution in [0.2, 0.25) is 0 Å². The normalized spacial score (nSPS) is 13.1. The van der Waals surface area contributed by atoms with E-state index in [-0.39, 0.29) is 29.4 Å². The van der Waals surface area contributed by atoms with E-state index in [0.717, 1.165) is 36.5 Å². The molecule has 1 aromatic rings. The van der Waals surface area contributed by atoms with Crippen LogP contribution in [0, 0.1) is 48.9 Å². The molecule has 1 aliphatic rings. The van der Waals surface area contributed by atoms with Crippen LogP contribution < -0.4 is 21.8 Å². The zero-order chi connectivity index (χ0) is 50.1. The number of nitrogens with zero attached hydrogens (tertiary/aromatic N) is 2. The summed E-state index contributed by atoms with van der Waals surface area (Å²) in [6.07, 6.45) is 31.1. The van der Waals surface area contributed by atoms with Gasteiger partial charge in [-0.15, -0.1) is 47.9 Å². The van der Waals surface area contributed by atoms with Crippen molar-refractivity contribution in [1.29, 1.82) is 0 Å². The highest BCUT2D eigenvalue weighted by molar-refractivity contribution is 7.07. The Morgan fingerprint density at radius 3 is 2.06 bits per heavy atom. The molecular weight excluding hydrogens is 805 g/mol. The second-order valence-electron chi connectivity index (χ2n) is 13.9. The van der Waals surface area contributed by atoms with Crippen molar-refractivity contribution in [2.45, 2.75) is 135 Å². The summed E-state index contributed by atoms with van der Waals surface area (Å²) in [5, 5.41) is 9.81. The summed E-state index contributed by atoms with van der Waals surface area (Å²) in [7, 11) is 3.06. The Bertz CT molecular complexity index is 1840. The lowest BCUT2D eigenvalue weighted by Gasteiger charge is -2.15. The van der Waals surface area contributed by atoms with E-state index in [4.69, 9.17) is 17.0 Å². The van der Waals surface area contributed by atoms with E-state index in [9.17, 15) is 14.0 Å². The molecular formula is C53H83FN5O3P. The number of nitrogen functional groups attached to an aromatic ring is 1. The van der Waals surface area contributed by atoms with Crippen molar-refractivity contribution < 1.29 is 14.0 Å². The molecule has 0 aromatic heterocycles. The summed E-state index contributed by atoms with van der Waals surface area (Å²) in [4.78, 5) is 32.7. The summed E-state index contributed by atoms with van der Waals surface area (Å²) in [6.45, 7) is 44.8. The third kappa shape index (κ3) is 34.7. The molecule has 1 aromatic carbocycles. The smallest absolute Gasteiger partial charge is 0.269 e. The van der Waals surface area contributed by atoms with Crippen molar-refractivity contribution in [2.75, 3.05) is 18.8 Å². The highest BCUT2D eigenvalue weighted by Gasteiger charge is 2.12. The average molecular weight is 888 g/mol. The van der Waals surface area contributed by atoms with Crippen molar-refractivity contribution in [1.82, 2.24) is 10.6 Å². The van der Waals surface area contributed by atoms with Crippen molar-refractivity contribution in [3.63, 3.8) is 0 Å². The highest BCUT2D eigenvalue weighted by Crippen LogP contribution is 2.15. The number of unbranched alkanes of at least 4 members (excludes halogenated alkanes) is 1. The molecule has 0 saturated heterocycles. The summed E-state index contributed by atoms with van der Waals surface area (Å²) >= 11 is 0. The van der Waals surface area contributed by atoms with Crippen molar-refractivity contribution >= 4 is 31.9 Å². The van der Waals surface area contributed by atoms with E-state index in [1.807, 2.05) is 54.5 Å². The van der Waals surface area contributed by atoms with Crippen LogP contribution in [0.1, 0.15) is 134 Å². The van der Waals surface area contributed by atoms with E-state index in [1.54, 1.807) is 39.0 Å². The van der Waals surface area contributed by atoms with E-state index in [2.05, 4.69) is 108 Å². The van der Waals surface area contributed by atoms with Crippen molar-refractivity contribution in [2.24, 2.45) is 22.0 Å². The minimum absolute atomic E-state index is 0.0270. The predicted octanol–water partition coefficient (Wildman–Crippen LogP) is 13.6. The number of anilines is 1. The summed E-state index contributed by atoms with van der Waals surface area (Å²) in [6, 6.07) is 0. The van der Waals surface area contributed by atoms with Gasteiger partial charge < -0.3 is 21.2 Å². The minimum Gasteiger partial charge on any atom is -0.398 e. The third-order valence-corrected chi connectivity index (χ3v) is 8.94. The lowest BCUT2D eigenvalue weighted by atomic mass is 10.00. The maximum Gasteiger partial charge on any atom is 0.269 e. The highest BCUT2D eigenvalue weighted by atomic mass is 31.0. The van der Waals surface area contributed by atoms with Gasteiger partial charge in [0.05, 0.1) is 23.1 Å². The number of amides is 1. The number of nitrogens with two attached hydrogens (primary N) is 1. The molecule has 0 spiro atoms. The second kappa shape index (κ2) is 43.2. The second-order valence-corrected chi connectivity index (χ2v) is 14.4. The first-order valence-corrected chi connectivity index (χ1v) is 22.1. The Labute approximate surface area is 385 Å². The standard InChI is InChI=1S/C22H29FN2O.C15H24N2O.C5H6NOP.C5H10.2C2H6.C2H2/c1-8-11-17(6)14-21(25-16(4)5)22(26)24-15-19(10-3)12-13-20(23)18(7)9-2;1-5-8-12(2)9-6-7-10-13(3)15-11-16-14(4)18-17-15;1-2-3(6)5(8)4(2)7;1-4-5(2)3;3*1-2/h3,8,12-14,19H,1,4,9,11,15H2,2,5-7H3,(H,24,26);5,10,12,16H,1,4,6-9,11H2,2-3H3;8H,6H2,1H3;2,4H2,1,3H3;2*1-2H3;1-2H/b13-12-,17-14+,20-18-,25-21?;13-10+;;;;;. The molecule has 0 fully saturated rings. The first kappa shape index (κ1) is 66.6. The summed E-state index contributed by atoms with van der Waals surface area (Å²) < 4.78 is 13.8. The Morgan fingerprint density at radius 1 is 1.10 bits per heavy atom. The first-order valence-electron chi connectivity index (χ1n) is 21.6. The van der Waals surface area contributed by atoms with E-state index >= 15 is 0 Å². The molecule has 8 nitrogen and oxygen atoms in total. The summed E-state index contributed by atoms with van der Waals surface area (Å²) in [5.74, 6) is 2.71. The number of carbonyl (C=O) groups excluding carboxylic acids is 1. The molecule has 2 rings (SSSR count). The number of nitrogens with one attached hydrogen (secondary N) is 2. The number of hydrogen-bond donors (Lipinski definition) is 3. The van der Waals surface area contributed by atoms with Gasteiger partial charge in [0, 0.05) is 17.8 Å². The first-order chi connectivity index (χ1) is 29.8. The van der Waals surface area contributed by atoms with Gasteiger partial charge in [-0.05, 0) is 116 Å². The summed E-state index contributed by atoms with van der Waals surface area (Å²) in [5.41, 5.74) is 12.4. The number of carbonyl (C=O) groups is 1. The van der Waals surface area contributed by atoms with Crippen LogP contribution in [0.3, 0.4) is 0 Å². The molecule has 0 bridgehead atoms. The van der Waals surface area contributed by atoms with Crippen LogP contribution in [0.5, 0.6) is 0 Å². The van der Waals surface area contributed by atoms with Gasteiger partial charge >= 0.3 is 0 Å². The molecule has 2 unspecified atom stereocenters. The molecule has 350 valence electrons. The number of aliphatic imine (C=N–C) groups is 1. The van der Waals surface area contributed by atoms with Gasteiger partial charge in [0.15, 0.2) is 5.43 Å². The van der Waals surface area contributed by atoms with Gasteiger partial charge in [0.2, 0.25) is 5.88 Å². The van der Waals surface area contributed by atoms with Gasteiger partial charge in [-0.1, -0.05) is 108 Å². The molecule has 1 heterocycles. The zero-order valence-corrected chi connectivity index (χ0v) is 42.3.